The van der Waals surface area contributed by atoms with E-state index in [1.807, 2.05) is 35.1 Å². The van der Waals surface area contributed by atoms with Crippen molar-refractivity contribution in [1.82, 2.24) is 19.3 Å². The van der Waals surface area contributed by atoms with Gasteiger partial charge in [-0.25, -0.2) is 0 Å². The summed E-state index contributed by atoms with van der Waals surface area (Å²) >= 11 is 1.32. The third-order valence-electron chi connectivity index (χ3n) is 6.10. The van der Waals surface area contributed by atoms with Crippen LogP contribution in [0.25, 0.3) is 0 Å². The van der Waals surface area contributed by atoms with Gasteiger partial charge in [-0.1, -0.05) is 25.6 Å². The zero-order valence-electron chi connectivity index (χ0n) is 20.0. The van der Waals surface area contributed by atoms with Gasteiger partial charge in [0.25, 0.3) is 0 Å². The van der Waals surface area contributed by atoms with E-state index in [0.717, 1.165) is 42.3 Å². The second-order valence-electron chi connectivity index (χ2n) is 8.79. The molecule has 180 valence electrons. The van der Waals surface area contributed by atoms with Crippen LogP contribution in [0, 0.1) is 25.2 Å². The maximum Gasteiger partial charge on any atom is 0.235 e. The second kappa shape index (κ2) is 10.5. The molecule has 3 aromatic heterocycles. The summed E-state index contributed by atoms with van der Waals surface area (Å²) in [5.41, 5.74) is 2.34. The van der Waals surface area contributed by atoms with Crippen molar-refractivity contribution in [3.63, 3.8) is 0 Å². The molecule has 34 heavy (non-hydrogen) atoms. The van der Waals surface area contributed by atoms with Crippen LogP contribution in [0.15, 0.2) is 28.0 Å². The van der Waals surface area contributed by atoms with Crippen molar-refractivity contribution in [2.24, 2.45) is 0 Å². The fraction of sp³-hybridized carbons (Fsp3) is 0.500. The molecule has 4 rings (SSSR count). The molecule has 3 aromatic rings. The molecule has 1 aliphatic heterocycles. The van der Waals surface area contributed by atoms with Gasteiger partial charge in [0.1, 0.15) is 23.5 Å². The Kier molecular flexibility index (Phi) is 7.44. The van der Waals surface area contributed by atoms with Crippen LogP contribution in [0.2, 0.25) is 0 Å². The van der Waals surface area contributed by atoms with E-state index in [1.165, 1.54) is 11.8 Å². The average molecular weight is 483 g/mol. The highest BCUT2D eigenvalue weighted by Gasteiger charge is 2.24. The van der Waals surface area contributed by atoms with Crippen molar-refractivity contribution < 1.29 is 13.9 Å². The van der Waals surface area contributed by atoms with E-state index in [2.05, 4.69) is 35.4 Å². The first kappa shape index (κ1) is 24.1. The number of furan rings is 1. The smallest absolute Gasteiger partial charge is 0.235 e. The average Bonchev–Trinajstić information content (AvgIpc) is 3.60. The van der Waals surface area contributed by atoms with Crippen molar-refractivity contribution in [3.8, 4) is 6.07 Å². The van der Waals surface area contributed by atoms with Crippen molar-refractivity contribution in [1.29, 1.82) is 5.26 Å². The van der Waals surface area contributed by atoms with Crippen LogP contribution < -0.4 is 5.32 Å². The zero-order chi connectivity index (χ0) is 24.2. The fourth-order valence-corrected chi connectivity index (χ4v) is 4.93. The Morgan fingerprint density at radius 2 is 2.18 bits per heavy atom. The molecule has 0 aromatic carbocycles. The van der Waals surface area contributed by atoms with Crippen LogP contribution in [0.5, 0.6) is 0 Å². The van der Waals surface area contributed by atoms with Crippen LogP contribution in [-0.4, -0.2) is 43.7 Å². The lowest BCUT2D eigenvalue weighted by atomic mass is 10.2. The van der Waals surface area contributed by atoms with E-state index in [0.29, 0.717) is 29.6 Å². The normalized spacial score (nSPS) is 15.7. The van der Waals surface area contributed by atoms with E-state index in [4.69, 9.17) is 9.15 Å². The number of carbonyl (C=O) groups is 1. The first-order chi connectivity index (χ1) is 16.4. The minimum Gasteiger partial charge on any atom is -0.467 e. The molecular formula is C24H30N6O3S. The quantitative estimate of drug-likeness (QED) is 0.454. The van der Waals surface area contributed by atoms with E-state index in [1.54, 1.807) is 6.26 Å². The number of hydrogen-bond acceptors (Lipinski definition) is 7. The monoisotopic (exact) mass is 482 g/mol. The maximum atomic E-state index is 13.0. The minimum absolute atomic E-state index is 0.0941. The molecular weight excluding hydrogens is 452 g/mol. The van der Waals surface area contributed by atoms with E-state index >= 15 is 0 Å². The fourth-order valence-electron chi connectivity index (χ4n) is 4.19. The number of nitrogens with zero attached hydrogens (tertiary/aromatic N) is 5. The molecule has 1 amide bonds. The highest BCUT2D eigenvalue weighted by molar-refractivity contribution is 7.99. The van der Waals surface area contributed by atoms with Gasteiger partial charge in [0, 0.05) is 18.2 Å². The van der Waals surface area contributed by atoms with Gasteiger partial charge in [-0.3, -0.25) is 9.36 Å². The largest absolute Gasteiger partial charge is 0.467 e. The highest BCUT2D eigenvalue weighted by atomic mass is 32.2. The topological polar surface area (TPSA) is 111 Å². The first-order valence-electron chi connectivity index (χ1n) is 11.5. The zero-order valence-corrected chi connectivity index (χ0v) is 20.8. The molecule has 4 heterocycles. The van der Waals surface area contributed by atoms with Gasteiger partial charge in [0.15, 0.2) is 5.16 Å². The number of carbonyl (C=O) groups excluding carboxylic acids is 1. The molecule has 1 saturated heterocycles. The van der Waals surface area contributed by atoms with Crippen molar-refractivity contribution in [2.75, 3.05) is 17.7 Å². The van der Waals surface area contributed by atoms with Gasteiger partial charge in [-0.05, 0) is 44.4 Å². The Morgan fingerprint density at radius 1 is 1.35 bits per heavy atom. The summed E-state index contributed by atoms with van der Waals surface area (Å²) in [5, 5.41) is 22.0. The van der Waals surface area contributed by atoms with Crippen LogP contribution in [0.3, 0.4) is 0 Å². The van der Waals surface area contributed by atoms with Crippen LogP contribution >= 0.6 is 11.8 Å². The van der Waals surface area contributed by atoms with Gasteiger partial charge in [0.2, 0.25) is 5.91 Å². The van der Waals surface area contributed by atoms with Crippen LogP contribution in [0.4, 0.5) is 5.82 Å². The summed E-state index contributed by atoms with van der Waals surface area (Å²) in [6, 6.07) is 6.01. The number of ether oxygens (including phenoxy) is 1. The SMILES string of the molecule is Cc1c(C#N)c(NC(=O)CSc2nnc(C(C)C)n2Cc2ccco2)n(CC2CCCO2)c1C. The van der Waals surface area contributed by atoms with E-state index in [-0.39, 0.29) is 23.7 Å². The lowest BCUT2D eigenvalue weighted by Crippen LogP contribution is -2.22. The summed E-state index contributed by atoms with van der Waals surface area (Å²) < 4.78 is 15.3. The Hall–Kier alpha value is -3.03. The van der Waals surface area contributed by atoms with Crippen LogP contribution in [-0.2, 0) is 22.6 Å². The Morgan fingerprint density at radius 3 is 2.82 bits per heavy atom. The van der Waals surface area contributed by atoms with Crippen LogP contribution in [0.1, 0.15) is 61.0 Å². The number of amides is 1. The molecule has 9 nitrogen and oxygen atoms in total. The number of nitriles is 1. The Balaban J connectivity index is 1.50. The Bertz CT molecular complexity index is 1180. The molecule has 1 N–H and O–H groups in total. The van der Waals surface area contributed by atoms with Gasteiger partial charge in [0.05, 0.1) is 36.8 Å². The third-order valence-corrected chi connectivity index (χ3v) is 7.06. The molecule has 1 aliphatic rings. The minimum atomic E-state index is -0.203. The second-order valence-corrected chi connectivity index (χ2v) is 9.73. The third kappa shape index (κ3) is 5.05. The van der Waals surface area contributed by atoms with Crippen molar-refractivity contribution in [2.45, 2.75) is 70.8 Å². The number of thioether (sulfide) groups is 1. The predicted octanol–water partition coefficient (Wildman–Crippen LogP) is 4.24. The molecule has 0 bridgehead atoms. The summed E-state index contributed by atoms with van der Waals surface area (Å²) in [4.78, 5) is 13.0. The van der Waals surface area contributed by atoms with Gasteiger partial charge in [-0.15, -0.1) is 10.2 Å². The highest BCUT2D eigenvalue weighted by Crippen LogP contribution is 2.29. The Labute approximate surface area is 203 Å². The van der Waals surface area contributed by atoms with Crippen molar-refractivity contribution in [3.05, 3.63) is 46.8 Å². The number of aromatic nitrogens is 4. The maximum absolute atomic E-state index is 13.0. The van der Waals surface area contributed by atoms with E-state index in [9.17, 15) is 10.1 Å². The molecule has 0 saturated carbocycles. The van der Waals surface area contributed by atoms with E-state index < -0.39 is 0 Å². The summed E-state index contributed by atoms with van der Waals surface area (Å²) in [5.74, 6) is 2.29. The molecule has 1 unspecified atom stereocenters. The lowest BCUT2D eigenvalue weighted by molar-refractivity contribution is -0.113. The van der Waals surface area contributed by atoms with Gasteiger partial charge in [-0.2, -0.15) is 5.26 Å². The van der Waals surface area contributed by atoms with Crippen molar-refractivity contribution >= 4 is 23.5 Å². The molecule has 1 fully saturated rings. The summed E-state index contributed by atoms with van der Waals surface area (Å²) in [7, 11) is 0. The molecule has 0 spiro atoms. The predicted molar refractivity (Wildman–Crippen MR) is 129 cm³/mol. The lowest BCUT2D eigenvalue weighted by Gasteiger charge is -2.17. The van der Waals surface area contributed by atoms with Gasteiger partial charge >= 0.3 is 0 Å². The number of rotatable bonds is 9. The molecule has 10 heteroatoms. The molecule has 1 atom stereocenters. The molecule has 0 radical (unpaired) electrons. The number of hydrogen-bond donors (Lipinski definition) is 1. The summed E-state index contributed by atoms with van der Waals surface area (Å²) in [6.45, 7) is 9.87. The van der Waals surface area contributed by atoms with Gasteiger partial charge < -0.3 is 19.0 Å². The molecule has 0 aliphatic carbocycles. The number of anilines is 1. The summed E-state index contributed by atoms with van der Waals surface area (Å²) in [6.07, 6.45) is 3.74. The first-order valence-corrected chi connectivity index (χ1v) is 12.5. The number of nitrogens with one attached hydrogen (secondary N) is 1. The standard InChI is InChI=1S/C24H30N6O3S/c1-15(2)22-27-28-24(30(22)13-19-8-6-10-33-19)34-14-21(31)26-23-20(11-25)16(3)17(4)29(23)12-18-7-5-9-32-18/h6,8,10,15,18H,5,7,9,12-14H2,1-4H3,(H,26,31).